The number of amides is 1. The van der Waals surface area contributed by atoms with Crippen LogP contribution in [-0.4, -0.2) is 22.4 Å². The zero-order valence-electron chi connectivity index (χ0n) is 15.6. The van der Waals surface area contributed by atoms with Crippen molar-refractivity contribution in [2.75, 3.05) is 16.8 Å². The fourth-order valence-corrected chi connectivity index (χ4v) is 3.58. The summed E-state index contributed by atoms with van der Waals surface area (Å²) in [5.41, 5.74) is 5.99. The number of aromatic nitrogens is 2. The van der Waals surface area contributed by atoms with E-state index >= 15 is 0 Å². The largest absolute Gasteiger partial charge is 0.324 e. The minimum atomic E-state index is -0.0555. The summed E-state index contributed by atoms with van der Waals surface area (Å²) < 4.78 is 0. The second kappa shape index (κ2) is 7.19. The number of anilines is 3. The third kappa shape index (κ3) is 3.67. The van der Waals surface area contributed by atoms with Crippen molar-refractivity contribution in [3.63, 3.8) is 0 Å². The number of fused-ring (bicyclic) bond motifs is 1. The molecule has 1 amide bonds. The highest BCUT2D eigenvalue weighted by atomic mass is 16.2. The van der Waals surface area contributed by atoms with Gasteiger partial charge in [-0.05, 0) is 61.6 Å². The number of aryl methyl sites for hydroxylation is 3. The van der Waals surface area contributed by atoms with E-state index in [0.29, 0.717) is 11.5 Å². The number of nitrogens with zero attached hydrogens (tertiary/aromatic N) is 3. The van der Waals surface area contributed by atoms with Gasteiger partial charge >= 0.3 is 0 Å². The van der Waals surface area contributed by atoms with Gasteiger partial charge in [-0.2, -0.15) is 0 Å². The van der Waals surface area contributed by atoms with Crippen LogP contribution in [-0.2, 0) is 6.42 Å². The smallest absolute Gasteiger partial charge is 0.261 e. The van der Waals surface area contributed by atoms with E-state index in [0.717, 1.165) is 30.8 Å². The zero-order valence-corrected chi connectivity index (χ0v) is 15.6. The number of hydrogen-bond donors (Lipinski definition) is 1. The van der Waals surface area contributed by atoms with Gasteiger partial charge in [0.15, 0.2) is 0 Å². The molecule has 0 spiro atoms. The second-order valence-corrected chi connectivity index (χ2v) is 6.99. The Morgan fingerprint density at radius 2 is 1.74 bits per heavy atom. The first-order valence-corrected chi connectivity index (χ1v) is 9.17. The first-order valence-electron chi connectivity index (χ1n) is 9.17. The highest BCUT2D eigenvalue weighted by Crippen LogP contribution is 2.28. The van der Waals surface area contributed by atoms with Gasteiger partial charge < -0.3 is 10.2 Å². The van der Waals surface area contributed by atoms with Crippen LogP contribution < -0.4 is 10.2 Å². The number of carbonyl (C=O) groups is 1. The van der Waals surface area contributed by atoms with E-state index in [2.05, 4.69) is 41.3 Å². The molecule has 3 aromatic rings. The van der Waals surface area contributed by atoms with Crippen LogP contribution in [0.15, 0.2) is 54.9 Å². The Labute approximate surface area is 159 Å². The van der Waals surface area contributed by atoms with Crippen molar-refractivity contribution in [2.24, 2.45) is 0 Å². The molecule has 0 saturated carbocycles. The first-order chi connectivity index (χ1) is 13.1. The summed E-state index contributed by atoms with van der Waals surface area (Å²) >= 11 is 0. The van der Waals surface area contributed by atoms with Gasteiger partial charge in [0.2, 0.25) is 5.95 Å². The van der Waals surface area contributed by atoms with Crippen molar-refractivity contribution in [3.8, 4) is 0 Å². The van der Waals surface area contributed by atoms with Crippen LogP contribution in [0.1, 0.15) is 33.5 Å². The maximum Gasteiger partial charge on any atom is 0.261 e. The summed E-state index contributed by atoms with van der Waals surface area (Å²) in [6.45, 7) is 4.83. The van der Waals surface area contributed by atoms with Crippen molar-refractivity contribution < 1.29 is 4.79 Å². The molecule has 1 aliphatic rings. The Balaban J connectivity index is 1.53. The molecule has 0 fully saturated rings. The minimum absolute atomic E-state index is 0.0555. The third-order valence-corrected chi connectivity index (χ3v) is 4.73. The lowest BCUT2D eigenvalue weighted by atomic mass is 10.0. The van der Waals surface area contributed by atoms with Crippen LogP contribution in [0.2, 0.25) is 0 Å². The van der Waals surface area contributed by atoms with E-state index in [-0.39, 0.29) is 5.91 Å². The van der Waals surface area contributed by atoms with Crippen LogP contribution in [0.25, 0.3) is 0 Å². The molecule has 1 aliphatic heterocycles. The first kappa shape index (κ1) is 17.2. The van der Waals surface area contributed by atoms with Gasteiger partial charge in [-0.1, -0.05) is 24.3 Å². The molecule has 1 aromatic heterocycles. The van der Waals surface area contributed by atoms with Gasteiger partial charge in [0.05, 0.1) is 5.56 Å². The number of carbonyl (C=O) groups excluding carboxylic acids is 1. The molecular weight excluding hydrogens is 336 g/mol. The summed E-state index contributed by atoms with van der Waals surface area (Å²) in [6.07, 6.45) is 5.17. The number of rotatable bonds is 3. The Kier molecular flexibility index (Phi) is 4.59. The van der Waals surface area contributed by atoms with E-state index in [1.54, 1.807) is 12.4 Å². The lowest BCUT2D eigenvalue weighted by molar-refractivity contribution is 0.0984. The monoisotopic (exact) mass is 358 g/mol. The number of hydrogen-bond acceptors (Lipinski definition) is 4. The topological polar surface area (TPSA) is 58.1 Å². The van der Waals surface area contributed by atoms with Gasteiger partial charge in [-0.15, -0.1) is 0 Å². The highest BCUT2D eigenvalue weighted by molar-refractivity contribution is 6.06. The van der Waals surface area contributed by atoms with E-state index in [1.165, 1.54) is 16.7 Å². The molecular formula is C22H22N4O. The van der Waals surface area contributed by atoms with Gasteiger partial charge in [-0.3, -0.25) is 4.79 Å². The summed E-state index contributed by atoms with van der Waals surface area (Å²) in [7, 11) is 0. The Hall–Kier alpha value is -3.21. The fourth-order valence-electron chi connectivity index (χ4n) is 3.58. The van der Waals surface area contributed by atoms with Crippen LogP contribution in [0.3, 0.4) is 0 Å². The van der Waals surface area contributed by atoms with Crippen LogP contribution in [0, 0.1) is 13.8 Å². The Morgan fingerprint density at radius 3 is 2.48 bits per heavy atom. The zero-order chi connectivity index (χ0) is 18.8. The standard InChI is InChI=1S/C22H22N4O/c1-15-10-16(2)12-19(11-15)25-22-23-13-18(14-24-22)21(27)26-9-5-7-17-6-3-4-8-20(17)26/h3-4,6,8,10-14H,5,7,9H2,1-2H3,(H,23,24,25). The van der Waals surface area contributed by atoms with Crippen molar-refractivity contribution >= 4 is 23.2 Å². The molecule has 4 rings (SSSR count). The van der Waals surface area contributed by atoms with Gasteiger partial charge in [0, 0.05) is 30.3 Å². The molecule has 5 nitrogen and oxygen atoms in total. The lowest BCUT2D eigenvalue weighted by Gasteiger charge is -2.29. The van der Waals surface area contributed by atoms with Crippen molar-refractivity contribution in [3.05, 3.63) is 77.1 Å². The van der Waals surface area contributed by atoms with Crippen molar-refractivity contribution in [1.29, 1.82) is 0 Å². The van der Waals surface area contributed by atoms with Gasteiger partial charge in [-0.25, -0.2) is 9.97 Å². The number of nitrogens with one attached hydrogen (secondary N) is 1. The molecule has 0 radical (unpaired) electrons. The molecule has 1 N–H and O–H groups in total. The maximum absolute atomic E-state index is 12.9. The number of benzene rings is 2. The molecule has 2 heterocycles. The van der Waals surface area contributed by atoms with E-state index in [1.807, 2.05) is 35.2 Å². The molecule has 2 aromatic carbocycles. The fraction of sp³-hybridized carbons (Fsp3) is 0.227. The molecule has 27 heavy (non-hydrogen) atoms. The second-order valence-electron chi connectivity index (χ2n) is 6.99. The Bertz CT molecular complexity index is 962. The van der Waals surface area contributed by atoms with E-state index in [4.69, 9.17) is 0 Å². The summed E-state index contributed by atoms with van der Waals surface area (Å²) in [5, 5.41) is 3.20. The van der Waals surface area contributed by atoms with E-state index in [9.17, 15) is 4.79 Å². The van der Waals surface area contributed by atoms with Gasteiger partial charge in [0.25, 0.3) is 5.91 Å². The maximum atomic E-state index is 12.9. The molecule has 0 atom stereocenters. The normalized spacial score (nSPS) is 13.2. The van der Waals surface area contributed by atoms with Crippen LogP contribution in [0.4, 0.5) is 17.3 Å². The van der Waals surface area contributed by atoms with Gasteiger partial charge in [0.1, 0.15) is 0 Å². The molecule has 5 heteroatoms. The average molecular weight is 358 g/mol. The molecule has 0 saturated heterocycles. The highest BCUT2D eigenvalue weighted by Gasteiger charge is 2.23. The molecule has 0 aliphatic carbocycles. The quantitative estimate of drug-likeness (QED) is 0.752. The third-order valence-electron chi connectivity index (χ3n) is 4.73. The summed E-state index contributed by atoms with van der Waals surface area (Å²) in [5.74, 6) is 0.427. The molecule has 0 bridgehead atoms. The summed E-state index contributed by atoms with van der Waals surface area (Å²) in [4.78, 5) is 23.4. The Morgan fingerprint density at radius 1 is 1.04 bits per heavy atom. The lowest BCUT2D eigenvalue weighted by Crippen LogP contribution is -2.35. The predicted octanol–water partition coefficient (Wildman–Crippen LogP) is 4.43. The average Bonchev–Trinajstić information content (AvgIpc) is 2.67. The van der Waals surface area contributed by atoms with Crippen molar-refractivity contribution in [1.82, 2.24) is 9.97 Å². The minimum Gasteiger partial charge on any atom is -0.324 e. The van der Waals surface area contributed by atoms with E-state index < -0.39 is 0 Å². The predicted molar refractivity (Wildman–Crippen MR) is 108 cm³/mol. The van der Waals surface area contributed by atoms with Crippen LogP contribution >= 0.6 is 0 Å². The van der Waals surface area contributed by atoms with Crippen LogP contribution in [0.5, 0.6) is 0 Å². The molecule has 136 valence electrons. The molecule has 0 unspecified atom stereocenters. The summed E-state index contributed by atoms with van der Waals surface area (Å²) in [6, 6.07) is 14.3. The number of para-hydroxylation sites is 1. The van der Waals surface area contributed by atoms with Crippen molar-refractivity contribution in [2.45, 2.75) is 26.7 Å². The SMILES string of the molecule is Cc1cc(C)cc(Nc2ncc(C(=O)N3CCCc4ccccc43)cn2)c1.